The van der Waals surface area contributed by atoms with E-state index in [9.17, 15) is 30.3 Å². The molecule has 4 saturated carbocycles. The Balaban J connectivity index is 1.29. The van der Waals surface area contributed by atoms with Crippen LogP contribution in [-0.2, 0) is 14.3 Å². The molecule has 0 aromatic carbocycles. The summed E-state index contributed by atoms with van der Waals surface area (Å²) in [7, 11) is 0. The molecule has 1 saturated heterocycles. The zero-order chi connectivity index (χ0) is 32.3. The summed E-state index contributed by atoms with van der Waals surface area (Å²) in [6.45, 7) is 16.2. The van der Waals surface area contributed by atoms with Crippen LogP contribution in [0.3, 0.4) is 0 Å². The summed E-state index contributed by atoms with van der Waals surface area (Å²) >= 11 is 0. The monoisotopic (exact) mass is 618 g/mol. The SMILES string of the molecule is CC1(C)CC[C@]2(C(=O)O)CC[C@]3(C)C(=CC[C@@H]4[C@@]5(C)CC[C@H](OC6O[C@H](CO)[C@@H](O)[C@H](O)[C@H]6O)C(C)(C)[C@@H]5CC[C@]43C)[C@@H]2C1. The number of carboxylic acids is 1. The normalized spacial score (nSPS) is 52.9. The number of allylic oxidation sites excluding steroid dienone is 2. The van der Waals surface area contributed by atoms with Gasteiger partial charge in [0.05, 0.1) is 18.1 Å². The molecule has 6 rings (SSSR count). The summed E-state index contributed by atoms with van der Waals surface area (Å²) in [5, 5.41) is 51.7. The number of aliphatic hydroxyl groups excluding tert-OH is 4. The summed E-state index contributed by atoms with van der Waals surface area (Å²) in [6, 6.07) is 0. The van der Waals surface area contributed by atoms with Gasteiger partial charge in [-0.05, 0) is 109 Å². The van der Waals surface area contributed by atoms with Gasteiger partial charge in [0.15, 0.2) is 6.29 Å². The highest BCUT2D eigenvalue weighted by molar-refractivity contribution is 5.76. The van der Waals surface area contributed by atoms with Crippen molar-refractivity contribution in [3.63, 3.8) is 0 Å². The predicted molar refractivity (Wildman–Crippen MR) is 165 cm³/mol. The highest BCUT2D eigenvalue weighted by Gasteiger charge is 2.69. The summed E-state index contributed by atoms with van der Waals surface area (Å²) < 4.78 is 12.2. The lowest BCUT2D eigenvalue weighted by Crippen LogP contribution is -2.66. The molecule has 0 aromatic heterocycles. The number of rotatable bonds is 4. The van der Waals surface area contributed by atoms with Crippen molar-refractivity contribution in [1.82, 2.24) is 0 Å². The molecule has 5 aliphatic carbocycles. The summed E-state index contributed by atoms with van der Waals surface area (Å²) in [6.07, 6.45) is 5.19. The number of hydrogen-bond donors (Lipinski definition) is 5. The molecule has 13 atom stereocenters. The van der Waals surface area contributed by atoms with E-state index < -0.39 is 48.7 Å². The molecule has 0 spiro atoms. The summed E-state index contributed by atoms with van der Waals surface area (Å²) in [5.74, 6) is 0.336. The topological polar surface area (TPSA) is 137 Å². The van der Waals surface area contributed by atoms with Crippen LogP contribution in [0.25, 0.3) is 0 Å². The van der Waals surface area contributed by atoms with E-state index in [1.165, 1.54) is 5.57 Å². The molecule has 0 amide bonds. The number of ether oxygens (including phenoxy) is 2. The van der Waals surface area contributed by atoms with Crippen molar-refractivity contribution in [1.29, 1.82) is 0 Å². The number of aliphatic hydroxyl groups is 4. The largest absolute Gasteiger partial charge is 0.481 e. The summed E-state index contributed by atoms with van der Waals surface area (Å²) in [4.78, 5) is 12.9. The van der Waals surface area contributed by atoms with Gasteiger partial charge in [-0.25, -0.2) is 0 Å². The van der Waals surface area contributed by atoms with Crippen molar-refractivity contribution in [2.24, 2.45) is 50.2 Å². The molecular formula is C36H58O8. The Morgan fingerprint density at radius 3 is 2.23 bits per heavy atom. The van der Waals surface area contributed by atoms with Crippen molar-refractivity contribution in [3.8, 4) is 0 Å². The number of carboxylic acid groups (broad SMARTS) is 1. The number of hydrogen-bond acceptors (Lipinski definition) is 7. The van der Waals surface area contributed by atoms with Gasteiger partial charge in [-0.1, -0.05) is 60.1 Å². The Morgan fingerprint density at radius 1 is 0.886 bits per heavy atom. The zero-order valence-electron chi connectivity index (χ0n) is 28.0. The lowest BCUT2D eigenvalue weighted by atomic mass is 9.33. The Morgan fingerprint density at radius 2 is 1.57 bits per heavy atom. The minimum absolute atomic E-state index is 0.0330. The van der Waals surface area contributed by atoms with Crippen molar-refractivity contribution < 1.29 is 39.8 Å². The zero-order valence-corrected chi connectivity index (χ0v) is 28.0. The number of carbonyl (C=O) groups is 1. The smallest absolute Gasteiger partial charge is 0.310 e. The standard InChI is InChI=1S/C36H58O8/c1-31(2)14-16-36(30(41)42)17-15-34(6)20(21(36)18-31)8-9-24-33(5)12-11-25(32(3,4)23(33)10-13-35(24,34)7)44-29-28(40)27(39)26(38)22(19-37)43-29/h8,21-29,37-40H,9-19H2,1-7H3,(H,41,42)/t21-,22+,23-,24+,25-,26+,27-,28+,29?,33-,34+,35+,36-/m0/s1. The fourth-order valence-corrected chi connectivity index (χ4v) is 12.2. The highest BCUT2D eigenvalue weighted by atomic mass is 16.7. The summed E-state index contributed by atoms with van der Waals surface area (Å²) in [5.41, 5.74) is 0.809. The maximum Gasteiger partial charge on any atom is 0.310 e. The van der Waals surface area contributed by atoms with Gasteiger partial charge in [0.25, 0.3) is 0 Å². The second kappa shape index (κ2) is 10.5. The molecule has 6 aliphatic rings. The first-order valence-electron chi connectivity index (χ1n) is 17.3. The average molecular weight is 619 g/mol. The van der Waals surface area contributed by atoms with E-state index in [1.54, 1.807) is 0 Å². The van der Waals surface area contributed by atoms with Crippen LogP contribution in [0.1, 0.15) is 113 Å². The van der Waals surface area contributed by atoms with E-state index in [0.29, 0.717) is 11.8 Å². The van der Waals surface area contributed by atoms with Gasteiger partial charge < -0.3 is 35.0 Å². The quantitative estimate of drug-likeness (QED) is 0.218. The minimum atomic E-state index is -1.45. The number of aliphatic carboxylic acids is 1. The van der Waals surface area contributed by atoms with Crippen LogP contribution in [0.4, 0.5) is 0 Å². The van der Waals surface area contributed by atoms with Crippen LogP contribution < -0.4 is 0 Å². The van der Waals surface area contributed by atoms with Crippen LogP contribution in [-0.4, -0.2) is 74.9 Å². The van der Waals surface area contributed by atoms with Crippen molar-refractivity contribution >= 4 is 5.97 Å². The first-order chi connectivity index (χ1) is 20.4. The second-order valence-corrected chi connectivity index (χ2v) is 17.9. The van der Waals surface area contributed by atoms with Crippen LogP contribution >= 0.6 is 0 Å². The van der Waals surface area contributed by atoms with Crippen LogP contribution in [0.5, 0.6) is 0 Å². The Hall–Kier alpha value is -1.03. The van der Waals surface area contributed by atoms with E-state index >= 15 is 0 Å². The van der Waals surface area contributed by atoms with Gasteiger partial charge in [0.2, 0.25) is 0 Å². The van der Waals surface area contributed by atoms with Gasteiger partial charge in [0, 0.05) is 0 Å². The maximum absolute atomic E-state index is 12.9. The van der Waals surface area contributed by atoms with Crippen molar-refractivity contribution in [2.45, 2.75) is 149 Å². The molecule has 5 fully saturated rings. The molecule has 8 nitrogen and oxygen atoms in total. The van der Waals surface area contributed by atoms with Gasteiger partial charge >= 0.3 is 5.97 Å². The predicted octanol–water partition coefficient (Wildman–Crippen LogP) is 5.06. The van der Waals surface area contributed by atoms with Gasteiger partial charge in [-0.2, -0.15) is 0 Å². The van der Waals surface area contributed by atoms with Crippen LogP contribution in [0.15, 0.2) is 11.6 Å². The molecule has 44 heavy (non-hydrogen) atoms. The number of fused-ring (bicyclic) bond motifs is 7. The molecule has 1 heterocycles. The molecule has 1 aliphatic heterocycles. The Kier molecular flexibility index (Phi) is 7.84. The maximum atomic E-state index is 12.9. The molecular weight excluding hydrogens is 560 g/mol. The molecule has 0 aromatic rings. The molecule has 250 valence electrons. The van der Waals surface area contributed by atoms with E-state index in [1.807, 2.05) is 0 Å². The van der Waals surface area contributed by atoms with E-state index in [-0.39, 0.29) is 39.1 Å². The van der Waals surface area contributed by atoms with Gasteiger partial charge in [-0.3, -0.25) is 4.79 Å². The third-order valence-corrected chi connectivity index (χ3v) is 15.1. The van der Waals surface area contributed by atoms with Crippen LogP contribution in [0.2, 0.25) is 0 Å². The fraction of sp³-hybridized carbons (Fsp3) is 0.917. The molecule has 1 unspecified atom stereocenters. The van der Waals surface area contributed by atoms with E-state index in [4.69, 9.17) is 9.47 Å². The molecule has 0 radical (unpaired) electrons. The highest BCUT2D eigenvalue weighted by Crippen LogP contribution is 2.76. The van der Waals surface area contributed by atoms with Crippen molar-refractivity contribution in [3.05, 3.63) is 11.6 Å². The third-order valence-electron chi connectivity index (χ3n) is 15.1. The molecule has 5 N–H and O–H groups in total. The molecule has 8 heteroatoms. The van der Waals surface area contributed by atoms with Crippen molar-refractivity contribution in [2.75, 3.05) is 6.61 Å². The minimum Gasteiger partial charge on any atom is -0.481 e. The van der Waals surface area contributed by atoms with E-state index in [2.05, 4.69) is 54.5 Å². The Bertz CT molecular complexity index is 1180. The van der Waals surface area contributed by atoms with Crippen LogP contribution in [0, 0.1) is 50.2 Å². The second-order valence-electron chi connectivity index (χ2n) is 17.9. The first kappa shape index (κ1) is 32.9. The molecule has 0 bridgehead atoms. The van der Waals surface area contributed by atoms with Gasteiger partial charge in [0.1, 0.15) is 24.4 Å². The van der Waals surface area contributed by atoms with E-state index in [0.717, 1.165) is 64.2 Å². The Labute approximate surface area is 263 Å². The fourth-order valence-electron chi connectivity index (χ4n) is 12.2. The lowest BCUT2D eigenvalue weighted by Gasteiger charge is -2.71. The third kappa shape index (κ3) is 4.40. The first-order valence-corrected chi connectivity index (χ1v) is 17.3. The lowest BCUT2D eigenvalue weighted by molar-refractivity contribution is -0.330. The van der Waals surface area contributed by atoms with Gasteiger partial charge in [-0.15, -0.1) is 0 Å². The average Bonchev–Trinajstić information content (AvgIpc) is 2.94.